The number of benzene rings is 1. The van der Waals surface area contributed by atoms with E-state index in [1.807, 2.05) is 37.5 Å². The van der Waals surface area contributed by atoms with Crippen molar-refractivity contribution < 1.29 is 9.36 Å². The van der Waals surface area contributed by atoms with E-state index in [0.717, 1.165) is 23.2 Å². The Labute approximate surface area is 121 Å². The first-order chi connectivity index (χ1) is 9.51. The summed E-state index contributed by atoms with van der Waals surface area (Å²) in [5.74, 6) is 0.170. The van der Waals surface area contributed by atoms with E-state index in [1.165, 1.54) is 11.1 Å². The maximum Gasteiger partial charge on any atom is 0.227 e. The van der Waals surface area contributed by atoms with Crippen molar-refractivity contribution in [3.8, 4) is 0 Å². The molecule has 2 rings (SSSR count). The second-order valence-corrected chi connectivity index (χ2v) is 5.40. The SMILES string of the molecule is CCc1ccc(C)[n+](CC(=O)c2ccc(C)cc2C)c1. The average molecular weight is 268 g/mol. The lowest BCUT2D eigenvalue weighted by atomic mass is 10.0. The van der Waals surface area contributed by atoms with Crippen molar-refractivity contribution in [2.75, 3.05) is 0 Å². The molecule has 0 aliphatic heterocycles. The molecule has 0 aliphatic rings. The van der Waals surface area contributed by atoms with Crippen LogP contribution >= 0.6 is 0 Å². The van der Waals surface area contributed by atoms with Gasteiger partial charge < -0.3 is 0 Å². The molecule has 2 nitrogen and oxygen atoms in total. The van der Waals surface area contributed by atoms with Gasteiger partial charge in [0.2, 0.25) is 12.3 Å². The first kappa shape index (κ1) is 14.4. The molecule has 104 valence electrons. The van der Waals surface area contributed by atoms with E-state index in [1.54, 1.807) is 0 Å². The molecule has 20 heavy (non-hydrogen) atoms. The highest BCUT2D eigenvalue weighted by Crippen LogP contribution is 2.11. The molecule has 0 aliphatic carbocycles. The highest BCUT2D eigenvalue weighted by atomic mass is 16.1. The van der Waals surface area contributed by atoms with Crippen molar-refractivity contribution in [1.82, 2.24) is 0 Å². The Morgan fingerprint density at radius 1 is 1.10 bits per heavy atom. The highest BCUT2D eigenvalue weighted by molar-refractivity contribution is 5.96. The second kappa shape index (κ2) is 6.00. The van der Waals surface area contributed by atoms with Crippen molar-refractivity contribution in [2.24, 2.45) is 0 Å². The molecule has 2 heteroatoms. The van der Waals surface area contributed by atoms with Crippen LogP contribution in [0.1, 0.15) is 39.7 Å². The number of carbonyl (C=O) groups excluding carboxylic acids is 1. The molecule has 0 radical (unpaired) electrons. The van der Waals surface area contributed by atoms with Gasteiger partial charge in [-0.05, 0) is 31.9 Å². The normalized spacial score (nSPS) is 10.6. The number of Topliss-reactive ketones (excluding diaryl/α,β-unsaturated/α-hetero) is 1. The monoisotopic (exact) mass is 268 g/mol. The molecule has 0 amide bonds. The fourth-order valence-corrected chi connectivity index (χ4v) is 2.41. The molecule has 0 atom stereocenters. The Morgan fingerprint density at radius 3 is 2.50 bits per heavy atom. The molecule has 0 spiro atoms. The average Bonchev–Trinajstić information content (AvgIpc) is 2.41. The Morgan fingerprint density at radius 2 is 1.85 bits per heavy atom. The quantitative estimate of drug-likeness (QED) is 0.615. The summed E-state index contributed by atoms with van der Waals surface area (Å²) >= 11 is 0. The zero-order valence-corrected chi connectivity index (χ0v) is 12.7. The van der Waals surface area contributed by atoms with Gasteiger partial charge in [-0.2, -0.15) is 4.57 Å². The Kier molecular flexibility index (Phi) is 4.33. The molecule has 0 fully saturated rings. The minimum Gasteiger partial charge on any atom is -0.287 e. The lowest BCUT2D eigenvalue weighted by Crippen LogP contribution is -2.41. The van der Waals surface area contributed by atoms with Gasteiger partial charge in [0.05, 0.1) is 0 Å². The fourth-order valence-electron chi connectivity index (χ4n) is 2.41. The maximum absolute atomic E-state index is 12.5. The Hall–Kier alpha value is -1.96. The maximum atomic E-state index is 12.5. The smallest absolute Gasteiger partial charge is 0.227 e. The minimum atomic E-state index is 0.170. The van der Waals surface area contributed by atoms with E-state index in [2.05, 4.69) is 31.3 Å². The van der Waals surface area contributed by atoms with Gasteiger partial charge in [-0.15, -0.1) is 0 Å². The number of aryl methyl sites for hydroxylation is 4. The van der Waals surface area contributed by atoms with E-state index >= 15 is 0 Å². The van der Waals surface area contributed by atoms with Crippen molar-refractivity contribution in [3.05, 3.63) is 64.5 Å². The lowest BCUT2D eigenvalue weighted by Gasteiger charge is -2.06. The third-order valence-electron chi connectivity index (χ3n) is 3.72. The number of aromatic nitrogens is 1. The molecular formula is C18H22NO+. The Bertz CT molecular complexity index is 644. The molecule has 1 heterocycles. The first-order valence-electron chi connectivity index (χ1n) is 7.10. The van der Waals surface area contributed by atoms with Crippen molar-refractivity contribution in [1.29, 1.82) is 0 Å². The summed E-state index contributed by atoms with van der Waals surface area (Å²) in [7, 11) is 0. The number of carbonyl (C=O) groups is 1. The van der Waals surface area contributed by atoms with Crippen LogP contribution in [0, 0.1) is 20.8 Å². The van der Waals surface area contributed by atoms with E-state index in [9.17, 15) is 4.79 Å². The molecule has 0 N–H and O–H groups in total. The number of nitrogens with zero attached hydrogens (tertiary/aromatic N) is 1. The summed E-state index contributed by atoms with van der Waals surface area (Å²) in [6.45, 7) is 8.62. The molecule has 0 bridgehead atoms. The van der Waals surface area contributed by atoms with Crippen LogP contribution < -0.4 is 4.57 Å². The number of hydrogen-bond acceptors (Lipinski definition) is 1. The highest BCUT2D eigenvalue weighted by Gasteiger charge is 2.16. The Balaban J connectivity index is 2.27. The van der Waals surface area contributed by atoms with Crippen molar-refractivity contribution in [2.45, 2.75) is 40.7 Å². The number of pyridine rings is 1. The van der Waals surface area contributed by atoms with E-state index in [0.29, 0.717) is 6.54 Å². The molecule has 2 aromatic rings. The molecule has 0 saturated carbocycles. The van der Waals surface area contributed by atoms with Crippen molar-refractivity contribution in [3.63, 3.8) is 0 Å². The van der Waals surface area contributed by atoms with Gasteiger partial charge in [-0.25, -0.2) is 0 Å². The van der Waals surface area contributed by atoms with E-state index in [-0.39, 0.29) is 5.78 Å². The van der Waals surface area contributed by atoms with Gasteiger partial charge in [-0.3, -0.25) is 4.79 Å². The van der Waals surface area contributed by atoms with Gasteiger partial charge in [0.25, 0.3) is 0 Å². The number of hydrogen-bond donors (Lipinski definition) is 0. The van der Waals surface area contributed by atoms with Crippen LogP contribution in [-0.2, 0) is 13.0 Å². The van der Waals surface area contributed by atoms with Crippen LogP contribution in [0.5, 0.6) is 0 Å². The van der Waals surface area contributed by atoms with Gasteiger partial charge in [0.1, 0.15) is 0 Å². The standard InChI is InChI=1S/C18H22NO/c1-5-16-8-7-15(4)19(11-16)12-18(20)17-9-6-13(2)10-14(17)3/h6-11H,5,12H2,1-4H3/q+1. The van der Waals surface area contributed by atoms with Gasteiger partial charge in [0, 0.05) is 24.1 Å². The predicted octanol–water partition coefficient (Wildman–Crippen LogP) is 3.34. The van der Waals surface area contributed by atoms with Crippen LogP contribution in [-0.4, -0.2) is 5.78 Å². The van der Waals surface area contributed by atoms with Crippen LogP contribution in [0.25, 0.3) is 0 Å². The van der Waals surface area contributed by atoms with E-state index < -0.39 is 0 Å². The van der Waals surface area contributed by atoms with Gasteiger partial charge >= 0.3 is 0 Å². The summed E-state index contributed by atoms with van der Waals surface area (Å²) in [5, 5.41) is 0. The van der Waals surface area contributed by atoms with Gasteiger partial charge in [-0.1, -0.05) is 30.7 Å². The van der Waals surface area contributed by atoms with Crippen LogP contribution in [0.2, 0.25) is 0 Å². The largest absolute Gasteiger partial charge is 0.287 e. The predicted molar refractivity (Wildman–Crippen MR) is 81.0 cm³/mol. The summed E-state index contributed by atoms with van der Waals surface area (Å²) in [6.07, 6.45) is 3.06. The number of rotatable bonds is 4. The van der Waals surface area contributed by atoms with Crippen LogP contribution in [0.4, 0.5) is 0 Å². The fraction of sp³-hybridized carbons (Fsp3) is 0.333. The zero-order chi connectivity index (χ0) is 14.7. The third-order valence-corrected chi connectivity index (χ3v) is 3.72. The summed E-state index contributed by atoms with van der Waals surface area (Å²) in [4.78, 5) is 12.5. The number of ketones is 1. The second-order valence-electron chi connectivity index (χ2n) is 5.40. The molecular weight excluding hydrogens is 246 g/mol. The van der Waals surface area contributed by atoms with Crippen LogP contribution in [0.3, 0.4) is 0 Å². The topological polar surface area (TPSA) is 20.9 Å². The summed E-state index contributed by atoms with van der Waals surface area (Å²) < 4.78 is 2.04. The zero-order valence-electron chi connectivity index (χ0n) is 12.7. The van der Waals surface area contributed by atoms with Crippen LogP contribution in [0.15, 0.2) is 36.5 Å². The third kappa shape index (κ3) is 3.13. The summed E-state index contributed by atoms with van der Waals surface area (Å²) in [6, 6.07) is 10.2. The van der Waals surface area contributed by atoms with Crippen molar-refractivity contribution >= 4 is 5.78 Å². The van der Waals surface area contributed by atoms with E-state index in [4.69, 9.17) is 0 Å². The van der Waals surface area contributed by atoms with Gasteiger partial charge in [0.15, 0.2) is 11.9 Å². The molecule has 1 aromatic carbocycles. The molecule has 0 unspecified atom stereocenters. The molecule has 0 saturated heterocycles. The minimum absolute atomic E-state index is 0.170. The lowest BCUT2D eigenvalue weighted by molar-refractivity contribution is -0.689. The molecule has 1 aromatic heterocycles. The summed E-state index contributed by atoms with van der Waals surface area (Å²) in [5.41, 5.74) is 5.43. The first-order valence-corrected chi connectivity index (χ1v) is 7.10.